The van der Waals surface area contributed by atoms with Crippen LogP contribution in [0.3, 0.4) is 0 Å². The number of ether oxygens (including phenoxy) is 4. The van der Waals surface area contributed by atoms with Gasteiger partial charge >= 0.3 is 11.9 Å². The number of anilines is 1. The van der Waals surface area contributed by atoms with Crippen molar-refractivity contribution in [2.75, 3.05) is 39.6 Å². The molecule has 1 heterocycles. The number of carbonyl (C=O) groups is 2. The highest BCUT2D eigenvalue weighted by Crippen LogP contribution is 2.40. The molecule has 0 aliphatic carbocycles. The lowest BCUT2D eigenvalue weighted by molar-refractivity contribution is -0.140. The molecule has 2 rings (SSSR count). The van der Waals surface area contributed by atoms with Gasteiger partial charge in [0.1, 0.15) is 23.9 Å². The maximum atomic E-state index is 12.3. The minimum absolute atomic E-state index is 0.0423. The second kappa shape index (κ2) is 7.67. The first kappa shape index (κ1) is 18.3. The van der Waals surface area contributed by atoms with Crippen LogP contribution in [0.5, 0.6) is 5.75 Å². The molecule has 0 N–H and O–H groups in total. The Morgan fingerprint density at radius 2 is 1.83 bits per heavy atom. The number of hydrogen-bond donors (Lipinski definition) is 0. The van der Waals surface area contributed by atoms with Gasteiger partial charge in [-0.2, -0.15) is 0 Å². The summed E-state index contributed by atoms with van der Waals surface area (Å²) in [5, 5.41) is 0. The van der Waals surface area contributed by atoms with Crippen molar-refractivity contribution in [3.63, 3.8) is 0 Å². The molecule has 130 valence electrons. The molecule has 1 aromatic rings. The first-order chi connectivity index (χ1) is 11.4. The van der Waals surface area contributed by atoms with Crippen molar-refractivity contribution in [3.8, 4) is 5.75 Å². The summed E-state index contributed by atoms with van der Waals surface area (Å²) in [6, 6.07) is 3.70. The molecule has 7 nitrogen and oxygen atoms in total. The SMILES string of the molecule is COC(=O)C1=C(C(=O)OC)N(c2c(Br)cc(C)cc2OC)COC1. The molecule has 1 aliphatic rings. The summed E-state index contributed by atoms with van der Waals surface area (Å²) in [5.74, 6) is -0.784. The zero-order valence-electron chi connectivity index (χ0n) is 13.8. The van der Waals surface area contributed by atoms with E-state index >= 15 is 0 Å². The molecule has 1 aromatic carbocycles. The number of halogens is 1. The van der Waals surface area contributed by atoms with E-state index in [0.717, 1.165) is 5.56 Å². The van der Waals surface area contributed by atoms with E-state index in [0.29, 0.717) is 15.9 Å². The number of hydrogen-bond acceptors (Lipinski definition) is 7. The molecule has 0 fully saturated rings. The highest BCUT2D eigenvalue weighted by molar-refractivity contribution is 9.10. The zero-order valence-corrected chi connectivity index (χ0v) is 15.4. The standard InChI is InChI=1S/C16H18BrNO6/c1-9-5-11(17)14(12(6-9)21-2)18-8-24-7-10(15(19)22-3)13(18)16(20)23-4/h5-6H,7-8H2,1-4H3. The van der Waals surface area contributed by atoms with Crippen molar-refractivity contribution < 1.29 is 28.5 Å². The van der Waals surface area contributed by atoms with Crippen LogP contribution in [0.2, 0.25) is 0 Å². The summed E-state index contributed by atoms with van der Waals surface area (Å²) in [7, 11) is 4.02. The van der Waals surface area contributed by atoms with Crippen molar-refractivity contribution in [3.05, 3.63) is 33.4 Å². The number of methoxy groups -OCH3 is 3. The van der Waals surface area contributed by atoms with E-state index in [1.165, 1.54) is 26.2 Å². The van der Waals surface area contributed by atoms with E-state index in [1.807, 2.05) is 19.1 Å². The fraction of sp³-hybridized carbons (Fsp3) is 0.375. The number of carbonyl (C=O) groups excluding carboxylic acids is 2. The largest absolute Gasteiger partial charge is 0.495 e. The highest BCUT2D eigenvalue weighted by Gasteiger charge is 2.34. The Bertz CT molecular complexity index is 700. The Kier molecular flexibility index (Phi) is 5.84. The molecule has 0 radical (unpaired) electrons. The Morgan fingerprint density at radius 3 is 2.42 bits per heavy atom. The van der Waals surface area contributed by atoms with Crippen LogP contribution in [-0.4, -0.2) is 46.6 Å². The van der Waals surface area contributed by atoms with Gasteiger partial charge in [-0.05, 0) is 40.5 Å². The summed E-state index contributed by atoms with van der Waals surface area (Å²) >= 11 is 3.48. The van der Waals surface area contributed by atoms with Crippen molar-refractivity contribution in [1.29, 1.82) is 0 Å². The predicted molar refractivity (Wildman–Crippen MR) is 89.8 cm³/mol. The van der Waals surface area contributed by atoms with E-state index in [1.54, 1.807) is 0 Å². The average molecular weight is 400 g/mol. The number of rotatable bonds is 4. The van der Waals surface area contributed by atoms with E-state index in [4.69, 9.17) is 18.9 Å². The third kappa shape index (κ3) is 3.39. The van der Waals surface area contributed by atoms with E-state index in [-0.39, 0.29) is 24.6 Å². The number of nitrogens with zero attached hydrogens (tertiary/aromatic N) is 1. The summed E-state index contributed by atoms with van der Waals surface area (Å²) < 4.78 is 21.2. The molecule has 24 heavy (non-hydrogen) atoms. The molecule has 0 aromatic heterocycles. The second-order valence-electron chi connectivity index (χ2n) is 5.01. The van der Waals surface area contributed by atoms with Crippen LogP contribution >= 0.6 is 15.9 Å². The van der Waals surface area contributed by atoms with Crippen molar-refractivity contribution >= 4 is 33.6 Å². The van der Waals surface area contributed by atoms with Gasteiger partial charge in [0.25, 0.3) is 0 Å². The molecular weight excluding hydrogens is 382 g/mol. The van der Waals surface area contributed by atoms with Gasteiger partial charge < -0.3 is 23.8 Å². The lowest BCUT2D eigenvalue weighted by Gasteiger charge is -2.32. The second-order valence-corrected chi connectivity index (χ2v) is 5.87. The van der Waals surface area contributed by atoms with Gasteiger partial charge in [-0.15, -0.1) is 0 Å². The van der Waals surface area contributed by atoms with Gasteiger partial charge in [0.15, 0.2) is 0 Å². The molecule has 8 heteroatoms. The van der Waals surface area contributed by atoms with Crippen LogP contribution in [0.4, 0.5) is 5.69 Å². The smallest absolute Gasteiger partial charge is 0.355 e. The Labute approximate surface area is 148 Å². The normalized spacial score (nSPS) is 14.5. The number of benzene rings is 1. The minimum Gasteiger partial charge on any atom is -0.495 e. The van der Waals surface area contributed by atoms with Crippen molar-refractivity contribution in [1.82, 2.24) is 0 Å². The Hall–Kier alpha value is -2.06. The van der Waals surface area contributed by atoms with E-state index in [2.05, 4.69) is 15.9 Å². The molecular formula is C16H18BrNO6. The quantitative estimate of drug-likeness (QED) is 0.718. The fourth-order valence-corrected chi connectivity index (χ4v) is 3.21. The molecule has 0 unspecified atom stereocenters. The van der Waals surface area contributed by atoms with Crippen LogP contribution in [0.1, 0.15) is 5.56 Å². The van der Waals surface area contributed by atoms with Gasteiger partial charge in [-0.1, -0.05) is 0 Å². The molecule has 1 aliphatic heterocycles. The van der Waals surface area contributed by atoms with E-state index < -0.39 is 11.9 Å². The number of aryl methyl sites for hydroxylation is 1. The van der Waals surface area contributed by atoms with Crippen LogP contribution < -0.4 is 9.64 Å². The van der Waals surface area contributed by atoms with Gasteiger partial charge in [0.2, 0.25) is 0 Å². The minimum atomic E-state index is -0.659. The molecule has 0 amide bonds. The Balaban J connectivity index is 2.68. The first-order valence-electron chi connectivity index (χ1n) is 7.03. The monoisotopic (exact) mass is 399 g/mol. The lowest BCUT2D eigenvalue weighted by Crippen LogP contribution is -2.39. The van der Waals surface area contributed by atoms with Gasteiger partial charge in [-0.25, -0.2) is 9.59 Å². The summed E-state index contributed by atoms with van der Waals surface area (Å²) in [6.07, 6.45) is 0. The van der Waals surface area contributed by atoms with Crippen LogP contribution in [0.25, 0.3) is 0 Å². The third-order valence-corrected chi connectivity index (χ3v) is 4.10. The fourth-order valence-electron chi connectivity index (χ4n) is 2.44. The maximum Gasteiger partial charge on any atom is 0.355 e. The van der Waals surface area contributed by atoms with Gasteiger partial charge in [0.05, 0.1) is 33.5 Å². The molecule has 0 bridgehead atoms. The number of esters is 2. The molecule has 0 atom stereocenters. The Morgan fingerprint density at radius 1 is 1.17 bits per heavy atom. The average Bonchev–Trinajstić information content (AvgIpc) is 2.59. The highest BCUT2D eigenvalue weighted by atomic mass is 79.9. The predicted octanol–water partition coefficient (Wildman–Crippen LogP) is 2.16. The topological polar surface area (TPSA) is 74.3 Å². The first-order valence-corrected chi connectivity index (χ1v) is 7.83. The van der Waals surface area contributed by atoms with Gasteiger partial charge in [-0.3, -0.25) is 0 Å². The van der Waals surface area contributed by atoms with Crippen LogP contribution in [0, 0.1) is 6.92 Å². The molecule has 0 spiro atoms. The van der Waals surface area contributed by atoms with Crippen LogP contribution in [-0.2, 0) is 23.8 Å². The zero-order chi connectivity index (χ0) is 17.9. The molecule has 0 saturated heterocycles. The van der Waals surface area contributed by atoms with E-state index in [9.17, 15) is 9.59 Å². The summed E-state index contributed by atoms with van der Waals surface area (Å²) in [6.45, 7) is 1.93. The summed E-state index contributed by atoms with van der Waals surface area (Å²) in [5.41, 5.74) is 1.69. The lowest BCUT2D eigenvalue weighted by atomic mass is 10.1. The maximum absolute atomic E-state index is 12.3. The van der Waals surface area contributed by atoms with Crippen molar-refractivity contribution in [2.24, 2.45) is 0 Å². The van der Waals surface area contributed by atoms with Crippen LogP contribution in [0.15, 0.2) is 27.9 Å². The van der Waals surface area contributed by atoms with Gasteiger partial charge in [0, 0.05) is 4.47 Å². The molecule has 0 saturated carbocycles. The van der Waals surface area contributed by atoms with Crippen molar-refractivity contribution in [2.45, 2.75) is 6.92 Å². The third-order valence-electron chi connectivity index (χ3n) is 3.50. The summed E-state index contributed by atoms with van der Waals surface area (Å²) in [4.78, 5) is 25.9.